The van der Waals surface area contributed by atoms with Gasteiger partial charge >= 0.3 is 6.18 Å². The van der Waals surface area contributed by atoms with E-state index in [-0.39, 0.29) is 12.1 Å². The molecule has 5 nitrogen and oxygen atoms in total. The average molecular weight is 608 g/mol. The Hall–Kier alpha value is -2.73. The van der Waals surface area contributed by atoms with Gasteiger partial charge in [0.15, 0.2) is 0 Å². The van der Waals surface area contributed by atoms with Gasteiger partial charge in [0.05, 0.1) is 47.1 Å². The predicted octanol–water partition coefficient (Wildman–Crippen LogP) is 6.71. The summed E-state index contributed by atoms with van der Waals surface area (Å²) in [6.45, 7) is 1.24. The first kappa shape index (κ1) is 29.8. The van der Waals surface area contributed by atoms with E-state index in [0.717, 1.165) is 24.7 Å². The van der Waals surface area contributed by atoms with Gasteiger partial charge in [0.1, 0.15) is 19.1 Å². The van der Waals surface area contributed by atoms with Crippen LogP contribution in [-0.2, 0) is 11.0 Å². The highest BCUT2D eigenvalue weighted by molar-refractivity contribution is 7.71. The second kappa shape index (κ2) is 12.2. The summed E-state index contributed by atoms with van der Waals surface area (Å²) in [5, 5.41) is 7.73. The third kappa shape index (κ3) is 6.85. The number of hydrogen-bond acceptors (Lipinski definition) is 6. The standard InChI is InChI=1S/C30H34F4N3O2PS/c1-37-14-12-24(23(31)19-37)36-26-8-5-7-21-22(18-30(32,33)34)28(41-29(21)26)9-6-13-35-25-11-10-20(17-27(25)39-2)40(38)15-3-4-16-40/h5,7-8,10-11,17,23-24,35-36H,3-4,12-16,18-19H2,1-2H3/t23-,24+/m1/s1. The summed E-state index contributed by atoms with van der Waals surface area (Å²) in [5.41, 5.74) is 1.44. The Kier molecular flexibility index (Phi) is 8.89. The normalized spacial score (nSPS) is 20.9. The maximum atomic E-state index is 14.7. The molecule has 1 aromatic heterocycles. The molecule has 5 rings (SSSR count). The Balaban J connectivity index is 1.38. The number of likely N-dealkylation sites (tertiary alicyclic amines) is 1. The zero-order chi connectivity index (χ0) is 29.2. The number of methoxy groups -OCH3 is 1. The maximum absolute atomic E-state index is 14.7. The summed E-state index contributed by atoms with van der Waals surface area (Å²) < 4.78 is 74.8. The van der Waals surface area contributed by atoms with E-state index in [0.29, 0.717) is 57.4 Å². The quantitative estimate of drug-likeness (QED) is 0.178. The van der Waals surface area contributed by atoms with Gasteiger partial charge < -0.3 is 24.8 Å². The number of benzene rings is 2. The third-order valence-corrected chi connectivity index (χ3v) is 12.3. The van der Waals surface area contributed by atoms with Crippen molar-refractivity contribution in [1.29, 1.82) is 0 Å². The van der Waals surface area contributed by atoms with Crippen molar-refractivity contribution >= 4 is 45.2 Å². The van der Waals surface area contributed by atoms with Gasteiger partial charge in [-0.3, -0.25) is 0 Å². The summed E-state index contributed by atoms with van der Waals surface area (Å²) in [4.78, 5) is 2.27. The summed E-state index contributed by atoms with van der Waals surface area (Å²) in [6, 6.07) is 10.3. The van der Waals surface area contributed by atoms with E-state index in [1.165, 1.54) is 11.3 Å². The smallest absolute Gasteiger partial charge is 0.393 e. The van der Waals surface area contributed by atoms with Crippen LogP contribution >= 0.6 is 18.5 Å². The molecule has 2 aliphatic rings. The second-order valence-electron chi connectivity index (χ2n) is 10.8. The highest BCUT2D eigenvalue weighted by Crippen LogP contribution is 2.51. The molecule has 3 aromatic rings. The molecular weight excluding hydrogens is 573 g/mol. The van der Waals surface area contributed by atoms with Gasteiger partial charge in [0.2, 0.25) is 0 Å². The number of rotatable bonds is 7. The lowest BCUT2D eigenvalue weighted by atomic mass is 10.0. The molecule has 11 heteroatoms. The SMILES string of the molecule is COc1cc(P2(=O)CCCC2)ccc1NCC#Cc1sc2c(N[C@H]3CCN(C)C[C@H]3F)cccc2c1CC(F)(F)F. The van der Waals surface area contributed by atoms with Crippen LogP contribution in [0.4, 0.5) is 28.9 Å². The first-order chi connectivity index (χ1) is 19.6. The summed E-state index contributed by atoms with van der Waals surface area (Å²) >= 11 is 1.20. The van der Waals surface area contributed by atoms with Gasteiger partial charge in [0.25, 0.3) is 0 Å². The largest absolute Gasteiger partial charge is 0.495 e. The molecule has 0 saturated carbocycles. The van der Waals surface area contributed by atoms with E-state index >= 15 is 0 Å². The van der Waals surface area contributed by atoms with Crippen LogP contribution in [0, 0.1) is 11.8 Å². The highest BCUT2D eigenvalue weighted by atomic mass is 32.1. The number of nitrogens with one attached hydrogen (secondary N) is 2. The van der Waals surface area contributed by atoms with Crippen molar-refractivity contribution in [2.24, 2.45) is 0 Å². The molecule has 220 valence electrons. The number of hydrogen-bond donors (Lipinski definition) is 2. The van der Waals surface area contributed by atoms with Gasteiger partial charge in [-0.25, -0.2) is 4.39 Å². The topological polar surface area (TPSA) is 53.6 Å². The van der Waals surface area contributed by atoms with Crippen molar-refractivity contribution in [3.05, 3.63) is 46.8 Å². The van der Waals surface area contributed by atoms with Gasteiger partial charge in [0, 0.05) is 30.7 Å². The molecular formula is C30H34F4N3O2PS. The molecule has 0 unspecified atom stereocenters. The molecule has 0 bridgehead atoms. The van der Waals surface area contributed by atoms with Gasteiger partial charge in [-0.2, -0.15) is 13.2 Å². The molecule has 2 atom stereocenters. The Labute approximate surface area is 242 Å². The number of anilines is 2. The number of piperidine rings is 1. The summed E-state index contributed by atoms with van der Waals surface area (Å²) in [6.07, 6.45) is -2.60. The lowest BCUT2D eigenvalue weighted by Gasteiger charge is -2.33. The number of nitrogens with zero attached hydrogens (tertiary/aromatic N) is 1. The van der Waals surface area contributed by atoms with E-state index in [9.17, 15) is 22.1 Å². The van der Waals surface area contributed by atoms with Crippen molar-refractivity contribution in [3.8, 4) is 17.6 Å². The molecule has 0 aliphatic carbocycles. The predicted molar refractivity (Wildman–Crippen MR) is 161 cm³/mol. The Morgan fingerprint density at radius 3 is 2.66 bits per heavy atom. The molecule has 2 saturated heterocycles. The number of thiophene rings is 1. The van der Waals surface area contributed by atoms with Gasteiger partial charge in [-0.05, 0) is 61.5 Å². The molecule has 2 N–H and O–H groups in total. The molecule has 3 heterocycles. The molecule has 2 aromatic carbocycles. The summed E-state index contributed by atoms with van der Waals surface area (Å²) in [7, 11) is 1.05. The fourth-order valence-corrected chi connectivity index (χ4v) is 9.71. The molecule has 0 radical (unpaired) electrons. The first-order valence-electron chi connectivity index (χ1n) is 13.8. The monoisotopic (exact) mass is 607 g/mol. The van der Waals surface area contributed by atoms with Crippen LogP contribution in [0.3, 0.4) is 0 Å². The molecule has 0 amide bonds. The van der Waals surface area contributed by atoms with Crippen LogP contribution in [0.25, 0.3) is 10.1 Å². The first-order valence-corrected chi connectivity index (χ1v) is 16.7. The van der Waals surface area contributed by atoms with E-state index in [1.807, 2.05) is 30.1 Å². The number of fused-ring (bicyclic) bond motifs is 1. The lowest BCUT2D eigenvalue weighted by molar-refractivity contribution is -0.126. The van der Waals surface area contributed by atoms with Crippen LogP contribution in [0.2, 0.25) is 0 Å². The minimum Gasteiger partial charge on any atom is -0.495 e. The highest BCUT2D eigenvalue weighted by Gasteiger charge is 2.32. The zero-order valence-corrected chi connectivity index (χ0v) is 24.8. The van der Waals surface area contributed by atoms with Crippen molar-refractivity contribution in [1.82, 2.24) is 4.90 Å². The third-order valence-electron chi connectivity index (χ3n) is 7.79. The Morgan fingerprint density at radius 1 is 1.17 bits per heavy atom. The van der Waals surface area contributed by atoms with Gasteiger partial charge in [-0.1, -0.05) is 24.0 Å². The van der Waals surface area contributed by atoms with Crippen LogP contribution in [-0.4, -0.2) is 69.4 Å². The number of ether oxygens (including phenoxy) is 1. The van der Waals surface area contributed by atoms with E-state index in [4.69, 9.17) is 4.74 Å². The maximum Gasteiger partial charge on any atom is 0.393 e. The van der Waals surface area contributed by atoms with Crippen LogP contribution in [0.5, 0.6) is 5.75 Å². The fraction of sp³-hybridized carbons (Fsp3) is 0.467. The lowest BCUT2D eigenvalue weighted by Crippen LogP contribution is -2.46. The Morgan fingerprint density at radius 2 is 1.95 bits per heavy atom. The molecule has 2 aliphatic heterocycles. The van der Waals surface area contributed by atoms with Crippen LogP contribution < -0.4 is 20.7 Å². The average Bonchev–Trinajstić information content (AvgIpc) is 3.52. The van der Waals surface area contributed by atoms with Crippen molar-refractivity contribution < 1.29 is 26.9 Å². The fourth-order valence-electron chi connectivity index (χ4n) is 5.63. The Bertz CT molecular complexity index is 1500. The second-order valence-corrected chi connectivity index (χ2v) is 15.0. The summed E-state index contributed by atoms with van der Waals surface area (Å²) in [5.74, 6) is 6.47. The molecule has 41 heavy (non-hydrogen) atoms. The number of halogens is 4. The molecule has 2 fully saturated rings. The minimum atomic E-state index is -4.40. The number of alkyl halides is 4. The van der Waals surface area contributed by atoms with Crippen LogP contribution in [0.15, 0.2) is 36.4 Å². The minimum absolute atomic E-state index is 0.136. The van der Waals surface area contributed by atoms with Crippen molar-refractivity contribution in [3.63, 3.8) is 0 Å². The van der Waals surface area contributed by atoms with Crippen molar-refractivity contribution in [2.75, 3.05) is 56.7 Å². The molecule has 0 spiro atoms. The van der Waals surface area contributed by atoms with E-state index in [1.54, 1.807) is 25.3 Å². The van der Waals surface area contributed by atoms with Crippen molar-refractivity contribution in [2.45, 2.75) is 44.1 Å². The van der Waals surface area contributed by atoms with E-state index in [2.05, 4.69) is 22.5 Å². The van der Waals surface area contributed by atoms with E-state index < -0.39 is 32.0 Å². The van der Waals surface area contributed by atoms with Crippen LogP contribution in [0.1, 0.15) is 29.7 Å². The zero-order valence-electron chi connectivity index (χ0n) is 23.1. The van der Waals surface area contributed by atoms with Gasteiger partial charge in [-0.15, -0.1) is 11.3 Å².